The van der Waals surface area contributed by atoms with E-state index in [2.05, 4.69) is 22.4 Å². The lowest BCUT2D eigenvalue weighted by Gasteiger charge is -2.17. The molecule has 3 aromatic rings. The highest BCUT2D eigenvalue weighted by Crippen LogP contribution is 2.35. The highest BCUT2D eigenvalue weighted by Gasteiger charge is 2.23. The van der Waals surface area contributed by atoms with E-state index in [1.807, 2.05) is 24.4 Å². The van der Waals surface area contributed by atoms with Crippen LogP contribution in [0.4, 0.5) is 10.1 Å². The normalized spacial score (nSPS) is 16.9. The van der Waals surface area contributed by atoms with E-state index in [4.69, 9.17) is 0 Å². The number of hydrogen-bond donors (Lipinski definition) is 1. The third kappa shape index (κ3) is 2.15. The molecule has 1 aliphatic rings. The molecular formula is C18H15FN2. The average molecular weight is 278 g/mol. The number of rotatable bonds is 2. The molecule has 2 aromatic carbocycles. The van der Waals surface area contributed by atoms with Crippen molar-refractivity contribution in [3.63, 3.8) is 0 Å². The predicted molar refractivity (Wildman–Crippen MR) is 82.8 cm³/mol. The highest BCUT2D eigenvalue weighted by molar-refractivity contribution is 5.93. The van der Waals surface area contributed by atoms with Gasteiger partial charge in [-0.1, -0.05) is 18.2 Å². The lowest BCUT2D eigenvalue weighted by molar-refractivity contribution is 0.626. The van der Waals surface area contributed by atoms with E-state index in [9.17, 15) is 4.39 Å². The molecule has 1 unspecified atom stereocenters. The van der Waals surface area contributed by atoms with Crippen LogP contribution in [0.15, 0.2) is 54.9 Å². The summed E-state index contributed by atoms with van der Waals surface area (Å²) >= 11 is 0. The summed E-state index contributed by atoms with van der Waals surface area (Å²) in [6.45, 7) is 0. The summed E-state index contributed by atoms with van der Waals surface area (Å²) in [5.41, 5.74) is 3.41. The van der Waals surface area contributed by atoms with Crippen molar-refractivity contribution in [1.82, 2.24) is 4.98 Å². The lowest BCUT2D eigenvalue weighted by atomic mass is 10.1. The lowest BCUT2D eigenvalue weighted by Crippen LogP contribution is -2.07. The zero-order chi connectivity index (χ0) is 14.2. The first-order valence-corrected chi connectivity index (χ1v) is 7.19. The molecule has 0 fully saturated rings. The molecule has 0 spiro atoms. The second-order valence-corrected chi connectivity index (χ2v) is 5.48. The molecule has 2 nitrogen and oxygen atoms in total. The molecule has 0 saturated heterocycles. The predicted octanol–water partition coefficient (Wildman–Crippen LogP) is 4.47. The molecule has 0 radical (unpaired) electrons. The van der Waals surface area contributed by atoms with Crippen LogP contribution in [0.25, 0.3) is 10.8 Å². The molecule has 21 heavy (non-hydrogen) atoms. The second-order valence-electron chi connectivity index (χ2n) is 5.48. The van der Waals surface area contributed by atoms with Crippen LogP contribution in [0.2, 0.25) is 0 Å². The van der Waals surface area contributed by atoms with Gasteiger partial charge in [0.1, 0.15) is 5.82 Å². The highest BCUT2D eigenvalue weighted by atomic mass is 19.1. The minimum absolute atomic E-state index is 0.149. The number of fused-ring (bicyclic) bond motifs is 2. The van der Waals surface area contributed by atoms with Gasteiger partial charge in [-0.25, -0.2) is 4.39 Å². The Hall–Kier alpha value is -2.42. The first-order chi connectivity index (χ1) is 10.3. The molecule has 1 atom stereocenters. The molecule has 1 N–H and O–H groups in total. The molecular weight excluding hydrogens is 263 g/mol. The Morgan fingerprint density at radius 1 is 1.14 bits per heavy atom. The van der Waals surface area contributed by atoms with Gasteiger partial charge in [-0.2, -0.15) is 0 Å². The Labute approximate surface area is 122 Å². The van der Waals surface area contributed by atoms with Gasteiger partial charge in [0, 0.05) is 23.5 Å². The fraction of sp³-hybridized carbons (Fsp3) is 0.167. The third-order valence-electron chi connectivity index (χ3n) is 4.20. The van der Waals surface area contributed by atoms with Crippen LogP contribution in [0.1, 0.15) is 23.6 Å². The second kappa shape index (κ2) is 4.85. The van der Waals surface area contributed by atoms with E-state index in [0.29, 0.717) is 0 Å². The van der Waals surface area contributed by atoms with Gasteiger partial charge >= 0.3 is 0 Å². The fourth-order valence-corrected chi connectivity index (χ4v) is 3.16. The number of hydrogen-bond acceptors (Lipinski definition) is 2. The van der Waals surface area contributed by atoms with Gasteiger partial charge in [-0.3, -0.25) is 4.98 Å². The van der Waals surface area contributed by atoms with Crippen LogP contribution in [0, 0.1) is 5.82 Å². The molecule has 3 heteroatoms. The minimum atomic E-state index is -0.149. The summed E-state index contributed by atoms with van der Waals surface area (Å²) in [5.74, 6) is -0.149. The van der Waals surface area contributed by atoms with Gasteiger partial charge < -0.3 is 5.32 Å². The molecule has 1 aliphatic carbocycles. The van der Waals surface area contributed by atoms with E-state index >= 15 is 0 Å². The van der Waals surface area contributed by atoms with Crippen molar-refractivity contribution in [2.24, 2.45) is 0 Å². The van der Waals surface area contributed by atoms with E-state index in [0.717, 1.165) is 29.5 Å². The van der Waals surface area contributed by atoms with Gasteiger partial charge in [0.2, 0.25) is 0 Å². The Morgan fingerprint density at radius 3 is 3.05 bits per heavy atom. The Kier molecular flexibility index (Phi) is 2.85. The standard InChI is InChI=1S/C18H15FN2/c19-14-5-6-15-13(10-14)4-7-18(15)21-17-3-1-2-12-8-9-20-11-16(12)17/h1-3,5-6,8-11,18,21H,4,7H2. The van der Waals surface area contributed by atoms with Crippen LogP contribution in [0.5, 0.6) is 0 Å². The first kappa shape index (κ1) is 12.3. The summed E-state index contributed by atoms with van der Waals surface area (Å²) in [7, 11) is 0. The van der Waals surface area contributed by atoms with Crippen LogP contribution < -0.4 is 5.32 Å². The summed E-state index contributed by atoms with van der Waals surface area (Å²) in [4.78, 5) is 4.21. The number of anilines is 1. The van der Waals surface area contributed by atoms with Crippen molar-refractivity contribution in [3.8, 4) is 0 Å². The maximum Gasteiger partial charge on any atom is 0.123 e. The van der Waals surface area contributed by atoms with E-state index in [1.54, 1.807) is 18.3 Å². The van der Waals surface area contributed by atoms with Crippen LogP contribution in [-0.2, 0) is 6.42 Å². The van der Waals surface area contributed by atoms with Crippen molar-refractivity contribution in [2.75, 3.05) is 5.32 Å². The van der Waals surface area contributed by atoms with Gasteiger partial charge in [0.05, 0.1) is 6.04 Å². The molecule has 0 amide bonds. The minimum Gasteiger partial charge on any atom is -0.378 e. The van der Waals surface area contributed by atoms with Gasteiger partial charge in [-0.15, -0.1) is 0 Å². The zero-order valence-corrected chi connectivity index (χ0v) is 11.5. The molecule has 1 heterocycles. The number of benzene rings is 2. The SMILES string of the molecule is Fc1ccc2c(c1)CCC2Nc1cccc2ccncc12. The van der Waals surface area contributed by atoms with Crippen molar-refractivity contribution >= 4 is 16.5 Å². The molecule has 0 saturated carbocycles. The summed E-state index contributed by atoms with van der Waals surface area (Å²) in [6, 6.07) is 13.6. The Bertz CT molecular complexity index is 808. The first-order valence-electron chi connectivity index (χ1n) is 7.19. The van der Waals surface area contributed by atoms with Gasteiger partial charge in [0.15, 0.2) is 0 Å². The molecule has 1 aromatic heterocycles. The van der Waals surface area contributed by atoms with Crippen molar-refractivity contribution in [3.05, 3.63) is 71.8 Å². The molecule has 0 bridgehead atoms. The Balaban J connectivity index is 1.71. The number of halogens is 1. The van der Waals surface area contributed by atoms with E-state index < -0.39 is 0 Å². The fourth-order valence-electron chi connectivity index (χ4n) is 3.16. The molecule has 104 valence electrons. The van der Waals surface area contributed by atoms with Crippen LogP contribution >= 0.6 is 0 Å². The maximum absolute atomic E-state index is 13.3. The number of nitrogens with one attached hydrogen (secondary N) is 1. The summed E-state index contributed by atoms with van der Waals surface area (Å²) in [6.07, 6.45) is 5.61. The third-order valence-corrected chi connectivity index (χ3v) is 4.20. The summed E-state index contributed by atoms with van der Waals surface area (Å²) in [5, 5.41) is 5.89. The molecule has 4 rings (SSSR count). The van der Waals surface area contributed by atoms with Gasteiger partial charge in [-0.05, 0) is 53.6 Å². The van der Waals surface area contributed by atoms with E-state index in [-0.39, 0.29) is 11.9 Å². The number of pyridine rings is 1. The average Bonchev–Trinajstić information content (AvgIpc) is 2.90. The van der Waals surface area contributed by atoms with Crippen LogP contribution in [-0.4, -0.2) is 4.98 Å². The number of aromatic nitrogens is 1. The van der Waals surface area contributed by atoms with Crippen LogP contribution in [0.3, 0.4) is 0 Å². The number of aryl methyl sites for hydroxylation is 1. The van der Waals surface area contributed by atoms with E-state index in [1.165, 1.54) is 10.9 Å². The monoisotopic (exact) mass is 278 g/mol. The quantitative estimate of drug-likeness (QED) is 0.748. The van der Waals surface area contributed by atoms with Crippen molar-refractivity contribution in [1.29, 1.82) is 0 Å². The zero-order valence-electron chi connectivity index (χ0n) is 11.5. The van der Waals surface area contributed by atoms with Crippen molar-refractivity contribution < 1.29 is 4.39 Å². The number of nitrogens with zero attached hydrogens (tertiary/aromatic N) is 1. The van der Waals surface area contributed by atoms with Crippen molar-refractivity contribution in [2.45, 2.75) is 18.9 Å². The van der Waals surface area contributed by atoms with Gasteiger partial charge in [0.25, 0.3) is 0 Å². The smallest absolute Gasteiger partial charge is 0.123 e. The molecule has 0 aliphatic heterocycles. The Morgan fingerprint density at radius 2 is 2.10 bits per heavy atom. The maximum atomic E-state index is 13.3. The topological polar surface area (TPSA) is 24.9 Å². The largest absolute Gasteiger partial charge is 0.378 e. The summed E-state index contributed by atoms with van der Waals surface area (Å²) < 4.78 is 13.3.